The van der Waals surface area contributed by atoms with Gasteiger partial charge in [0, 0.05) is 12.7 Å². The number of nitrogens with one attached hydrogen (secondary N) is 1. The fourth-order valence-corrected chi connectivity index (χ4v) is 4.77. The second-order valence-corrected chi connectivity index (χ2v) is 8.57. The Morgan fingerprint density at radius 2 is 1.94 bits per heavy atom. The third kappa shape index (κ3) is 4.12. The maximum atomic E-state index is 13.2. The smallest absolute Gasteiger partial charge is 0.267 e. The zero-order valence-electron chi connectivity index (χ0n) is 16.7. The number of hydrogen-bond acceptors (Lipinski definition) is 7. The quantitative estimate of drug-likeness (QED) is 0.439. The molecule has 1 fully saturated rings. The van der Waals surface area contributed by atoms with Crippen LogP contribution in [-0.4, -0.2) is 42.8 Å². The Morgan fingerprint density at radius 1 is 1.19 bits per heavy atom. The molecule has 0 saturated carbocycles. The average molecular weight is 453 g/mol. The van der Waals surface area contributed by atoms with Crippen molar-refractivity contribution in [2.75, 3.05) is 18.5 Å². The summed E-state index contributed by atoms with van der Waals surface area (Å²) in [7, 11) is 0. The summed E-state index contributed by atoms with van der Waals surface area (Å²) in [6.45, 7) is 2.03. The molecular formula is C22H20N4O3S2. The average Bonchev–Trinajstić information content (AvgIpc) is 3.07. The minimum atomic E-state index is -0.313. The van der Waals surface area contributed by atoms with E-state index >= 15 is 0 Å². The van der Waals surface area contributed by atoms with Crippen LogP contribution in [0.1, 0.15) is 24.1 Å². The lowest BCUT2D eigenvalue weighted by atomic mass is 10.1. The first-order valence-corrected chi connectivity index (χ1v) is 10.9. The molecule has 1 aliphatic rings. The van der Waals surface area contributed by atoms with Crippen molar-refractivity contribution >= 4 is 51.7 Å². The molecule has 1 aliphatic heterocycles. The molecule has 7 nitrogen and oxygen atoms in total. The van der Waals surface area contributed by atoms with Gasteiger partial charge in [0.25, 0.3) is 11.5 Å². The van der Waals surface area contributed by atoms with E-state index in [1.54, 1.807) is 29.3 Å². The number of thiocarbonyl (C=S) groups is 1. The summed E-state index contributed by atoms with van der Waals surface area (Å²) in [5.74, 6) is 0.0589. The number of benzene rings is 1. The molecule has 1 aromatic carbocycles. The highest BCUT2D eigenvalue weighted by Gasteiger charge is 2.36. The molecule has 158 valence electrons. The predicted octanol–water partition coefficient (Wildman–Crippen LogP) is 3.06. The molecule has 0 bridgehead atoms. The van der Waals surface area contributed by atoms with E-state index in [0.29, 0.717) is 20.7 Å². The van der Waals surface area contributed by atoms with Crippen molar-refractivity contribution in [1.82, 2.24) is 14.3 Å². The van der Waals surface area contributed by atoms with Gasteiger partial charge in [-0.05, 0) is 30.7 Å². The SMILES string of the molecule is C[C@@H](c1ccccc1)N1C(=O)/C(=C\c2c(NCCO)nc3ccccn3c2=O)SC1=S. The summed E-state index contributed by atoms with van der Waals surface area (Å²) in [6.07, 6.45) is 3.16. The van der Waals surface area contributed by atoms with Crippen molar-refractivity contribution in [2.45, 2.75) is 13.0 Å². The van der Waals surface area contributed by atoms with Gasteiger partial charge in [-0.25, -0.2) is 4.98 Å². The molecule has 31 heavy (non-hydrogen) atoms. The van der Waals surface area contributed by atoms with Gasteiger partial charge in [-0.2, -0.15) is 0 Å². The van der Waals surface area contributed by atoms with Gasteiger partial charge in [0.2, 0.25) is 0 Å². The van der Waals surface area contributed by atoms with Crippen molar-refractivity contribution in [3.63, 3.8) is 0 Å². The van der Waals surface area contributed by atoms with Crippen LogP contribution in [0.5, 0.6) is 0 Å². The number of hydrogen-bond donors (Lipinski definition) is 2. The second kappa shape index (κ2) is 9.01. The van der Waals surface area contributed by atoms with Crippen LogP contribution < -0.4 is 10.9 Å². The molecule has 3 heterocycles. The van der Waals surface area contributed by atoms with Gasteiger partial charge in [0.15, 0.2) is 0 Å². The highest BCUT2D eigenvalue weighted by molar-refractivity contribution is 8.26. The summed E-state index contributed by atoms with van der Waals surface area (Å²) < 4.78 is 1.86. The number of anilines is 1. The molecule has 1 saturated heterocycles. The van der Waals surface area contributed by atoms with E-state index in [-0.39, 0.29) is 36.2 Å². The minimum absolute atomic E-state index is 0.119. The molecule has 0 radical (unpaired) electrons. The first-order valence-electron chi connectivity index (χ1n) is 9.69. The monoisotopic (exact) mass is 452 g/mol. The molecule has 1 atom stereocenters. The van der Waals surface area contributed by atoms with Gasteiger partial charge in [0.05, 0.1) is 23.1 Å². The topological polar surface area (TPSA) is 86.9 Å². The zero-order chi connectivity index (χ0) is 22.0. The molecule has 0 unspecified atom stereocenters. The van der Waals surface area contributed by atoms with Crippen molar-refractivity contribution in [1.29, 1.82) is 0 Å². The Labute approximate surface area is 188 Å². The lowest BCUT2D eigenvalue weighted by molar-refractivity contribution is -0.123. The van der Waals surface area contributed by atoms with E-state index in [2.05, 4.69) is 10.3 Å². The predicted molar refractivity (Wildman–Crippen MR) is 127 cm³/mol. The molecule has 1 amide bonds. The maximum Gasteiger partial charge on any atom is 0.267 e. The molecule has 0 aliphatic carbocycles. The summed E-state index contributed by atoms with van der Waals surface area (Å²) in [5, 5.41) is 12.2. The van der Waals surface area contributed by atoms with Gasteiger partial charge < -0.3 is 10.4 Å². The largest absolute Gasteiger partial charge is 0.395 e. The van der Waals surface area contributed by atoms with Gasteiger partial charge in [0.1, 0.15) is 15.8 Å². The third-order valence-corrected chi connectivity index (χ3v) is 6.27. The van der Waals surface area contributed by atoms with Gasteiger partial charge >= 0.3 is 0 Å². The van der Waals surface area contributed by atoms with E-state index in [1.165, 1.54) is 10.5 Å². The number of aromatic nitrogens is 2. The van der Waals surface area contributed by atoms with Crippen LogP contribution in [0.15, 0.2) is 64.4 Å². The molecule has 3 aromatic rings. The lowest BCUT2D eigenvalue weighted by Gasteiger charge is -2.23. The molecular weight excluding hydrogens is 432 g/mol. The number of aliphatic hydroxyl groups excluding tert-OH is 1. The third-order valence-electron chi connectivity index (χ3n) is 4.94. The molecule has 2 N–H and O–H groups in total. The second-order valence-electron chi connectivity index (χ2n) is 6.90. The highest BCUT2D eigenvalue weighted by atomic mass is 32.2. The van der Waals surface area contributed by atoms with Gasteiger partial charge in [-0.15, -0.1) is 0 Å². The number of carbonyl (C=O) groups is 1. The first-order chi connectivity index (χ1) is 15.0. The summed E-state index contributed by atoms with van der Waals surface area (Å²) in [4.78, 5) is 32.7. The summed E-state index contributed by atoms with van der Waals surface area (Å²) in [6, 6.07) is 14.7. The highest BCUT2D eigenvalue weighted by Crippen LogP contribution is 2.38. The van der Waals surface area contributed by atoms with Crippen LogP contribution >= 0.6 is 24.0 Å². The standard InChI is InChI=1S/C22H20N4O3S2/c1-14(15-7-3-2-4-8-15)26-21(29)17(31-22(26)30)13-16-19(23-10-12-27)24-18-9-5-6-11-25(18)20(16)28/h2-9,11,13-14,23,27H,10,12H2,1H3/b17-13+/t14-/m0/s1. The fraction of sp³-hybridized carbons (Fsp3) is 0.182. The Morgan fingerprint density at radius 3 is 2.68 bits per heavy atom. The zero-order valence-corrected chi connectivity index (χ0v) is 18.3. The normalized spacial score (nSPS) is 16.3. The Kier molecular flexibility index (Phi) is 6.17. The van der Waals surface area contributed by atoms with Crippen molar-refractivity contribution in [2.24, 2.45) is 0 Å². The maximum absolute atomic E-state index is 13.2. The fourth-order valence-electron chi connectivity index (χ4n) is 3.37. The van der Waals surface area contributed by atoms with E-state index in [4.69, 9.17) is 12.2 Å². The van der Waals surface area contributed by atoms with E-state index < -0.39 is 0 Å². The summed E-state index contributed by atoms with van der Waals surface area (Å²) in [5.41, 5.74) is 1.37. The minimum Gasteiger partial charge on any atom is -0.395 e. The van der Waals surface area contributed by atoms with Crippen LogP contribution in [0.4, 0.5) is 5.82 Å². The number of rotatable bonds is 6. The van der Waals surface area contributed by atoms with Gasteiger partial charge in [-0.3, -0.25) is 18.9 Å². The lowest BCUT2D eigenvalue weighted by Crippen LogP contribution is -2.31. The van der Waals surface area contributed by atoms with Gasteiger partial charge in [-0.1, -0.05) is 60.4 Å². The van der Waals surface area contributed by atoms with Crippen LogP contribution in [-0.2, 0) is 4.79 Å². The van der Waals surface area contributed by atoms with E-state index in [9.17, 15) is 14.7 Å². The van der Waals surface area contributed by atoms with E-state index in [0.717, 1.165) is 17.3 Å². The van der Waals surface area contributed by atoms with Crippen LogP contribution in [0.3, 0.4) is 0 Å². The summed E-state index contributed by atoms with van der Waals surface area (Å²) >= 11 is 6.64. The van der Waals surface area contributed by atoms with E-state index in [1.807, 2.05) is 37.3 Å². The van der Waals surface area contributed by atoms with Crippen LogP contribution in [0.25, 0.3) is 11.7 Å². The Balaban J connectivity index is 1.76. The first kappa shape index (κ1) is 21.2. The molecule has 0 spiro atoms. The molecule has 4 rings (SSSR count). The number of nitrogens with zero attached hydrogens (tertiary/aromatic N) is 3. The number of thioether (sulfide) groups is 1. The van der Waals surface area contributed by atoms with Crippen LogP contribution in [0, 0.1) is 0 Å². The van der Waals surface area contributed by atoms with Crippen molar-refractivity contribution in [3.05, 3.63) is 81.1 Å². The molecule has 9 heteroatoms. The van der Waals surface area contributed by atoms with Crippen molar-refractivity contribution < 1.29 is 9.90 Å². The number of pyridine rings is 1. The number of amides is 1. The number of fused-ring (bicyclic) bond motifs is 1. The van der Waals surface area contributed by atoms with Crippen molar-refractivity contribution in [3.8, 4) is 0 Å². The van der Waals surface area contributed by atoms with Crippen LogP contribution in [0.2, 0.25) is 0 Å². The Bertz CT molecular complexity index is 1240. The Hall–Kier alpha value is -3.01. The number of aliphatic hydroxyl groups is 1. The number of carbonyl (C=O) groups excluding carboxylic acids is 1. The molecule has 2 aromatic heterocycles.